The smallest absolute Gasteiger partial charge is 0.0741 e. The molecule has 1 aliphatic carbocycles. The number of aryl methyl sites for hydroxylation is 1. The summed E-state index contributed by atoms with van der Waals surface area (Å²) in [6.07, 6.45) is 4.27. The lowest BCUT2D eigenvalue weighted by Crippen LogP contribution is -2.29. The molecule has 2 atom stereocenters. The summed E-state index contributed by atoms with van der Waals surface area (Å²) >= 11 is 0. The molecule has 2 heteroatoms. The molecule has 18 heavy (non-hydrogen) atoms. The molecule has 1 aromatic rings. The molecule has 100 valence electrons. The average Bonchev–Trinajstić information content (AvgIpc) is 3.16. The molecule has 1 N–H and O–H groups in total. The molecule has 0 radical (unpaired) electrons. The molecule has 2 rings (SSSR count). The topological polar surface area (TPSA) is 21.3 Å². The number of rotatable bonds is 7. The van der Waals surface area contributed by atoms with Crippen molar-refractivity contribution in [2.24, 2.45) is 5.92 Å². The molecule has 2 nitrogen and oxygen atoms in total. The highest BCUT2D eigenvalue weighted by atomic mass is 16.5. The fourth-order valence-electron chi connectivity index (χ4n) is 2.37. The predicted octanol–water partition coefficient (Wildman–Crippen LogP) is 3.46. The Morgan fingerprint density at radius 3 is 2.50 bits per heavy atom. The molecular weight excluding hydrogens is 222 g/mol. The normalized spacial score (nSPS) is 18.6. The maximum absolute atomic E-state index is 5.97. The Morgan fingerprint density at radius 1 is 1.28 bits per heavy atom. The molecular formula is C16H25NO. The van der Waals surface area contributed by atoms with Crippen LogP contribution < -0.4 is 5.32 Å². The van der Waals surface area contributed by atoms with E-state index in [0.717, 1.165) is 12.5 Å². The van der Waals surface area contributed by atoms with Gasteiger partial charge in [-0.2, -0.15) is 0 Å². The van der Waals surface area contributed by atoms with E-state index < -0.39 is 0 Å². The van der Waals surface area contributed by atoms with Crippen LogP contribution in [0.4, 0.5) is 0 Å². The molecule has 0 amide bonds. The summed E-state index contributed by atoms with van der Waals surface area (Å²) in [6, 6.07) is 8.99. The van der Waals surface area contributed by atoms with Crippen LogP contribution in [0.25, 0.3) is 0 Å². The SMILES string of the molecule is CNC(c1ccc(C)cc1)C(C)OCCC1CC1. The third-order valence-corrected chi connectivity index (χ3v) is 3.82. The number of benzene rings is 1. The van der Waals surface area contributed by atoms with Gasteiger partial charge in [0.2, 0.25) is 0 Å². The van der Waals surface area contributed by atoms with Gasteiger partial charge in [-0.3, -0.25) is 0 Å². The first-order valence-corrected chi connectivity index (χ1v) is 7.06. The summed E-state index contributed by atoms with van der Waals surface area (Å²) in [6.45, 7) is 5.18. The molecule has 2 unspecified atom stereocenters. The van der Waals surface area contributed by atoms with Crippen molar-refractivity contribution in [2.75, 3.05) is 13.7 Å². The first-order chi connectivity index (χ1) is 8.70. The van der Waals surface area contributed by atoms with Gasteiger partial charge in [-0.05, 0) is 38.8 Å². The summed E-state index contributed by atoms with van der Waals surface area (Å²) in [4.78, 5) is 0. The minimum absolute atomic E-state index is 0.219. The Balaban J connectivity index is 1.87. The lowest BCUT2D eigenvalue weighted by atomic mass is 10.0. The zero-order valence-electron chi connectivity index (χ0n) is 11.8. The molecule has 0 aliphatic heterocycles. The van der Waals surface area contributed by atoms with Gasteiger partial charge in [-0.25, -0.2) is 0 Å². The molecule has 1 aliphatic rings. The molecule has 1 saturated carbocycles. The van der Waals surface area contributed by atoms with Crippen LogP contribution in [-0.4, -0.2) is 19.8 Å². The van der Waals surface area contributed by atoms with Gasteiger partial charge < -0.3 is 10.1 Å². The minimum Gasteiger partial charge on any atom is -0.377 e. The van der Waals surface area contributed by atoms with Gasteiger partial charge >= 0.3 is 0 Å². The van der Waals surface area contributed by atoms with Crippen molar-refractivity contribution in [3.05, 3.63) is 35.4 Å². The summed E-state index contributed by atoms with van der Waals surface area (Å²) in [7, 11) is 2.01. The molecule has 0 saturated heterocycles. The van der Waals surface area contributed by atoms with Crippen molar-refractivity contribution in [1.29, 1.82) is 0 Å². The van der Waals surface area contributed by atoms with Crippen LogP contribution in [-0.2, 0) is 4.74 Å². The van der Waals surface area contributed by atoms with Crippen molar-refractivity contribution < 1.29 is 4.74 Å². The highest BCUT2D eigenvalue weighted by Crippen LogP contribution is 2.32. The van der Waals surface area contributed by atoms with Gasteiger partial charge in [0.25, 0.3) is 0 Å². The lowest BCUT2D eigenvalue weighted by Gasteiger charge is -2.24. The summed E-state index contributed by atoms with van der Waals surface area (Å²) in [5, 5.41) is 3.37. The highest BCUT2D eigenvalue weighted by molar-refractivity contribution is 5.24. The quantitative estimate of drug-likeness (QED) is 0.796. The summed E-state index contributed by atoms with van der Waals surface area (Å²) in [5.41, 5.74) is 2.61. The van der Waals surface area contributed by atoms with Crippen LogP contribution in [0.5, 0.6) is 0 Å². The second-order valence-corrected chi connectivity index (χ2v) is 5.48. The van der Waals surface area contributed by atoms with Gasteiger partial charge in [-0.15, -0.1) is 0 Å². The molecule has 1 aromatic carbocycles. The largest absolute Gasteiger partial charge is 0.377 e. The van der Waals surface area contributed by atoms with Crippen molar-refractivity contribution in [1.82, 2.24) is 5.32 Å². The number of likely N-dealkylation sites (N-methyl/N-ethyl adjacent to an activating group) is 1. The van der Waals surface area contributed by atoms with E-state index >= 15 is 0 Å². The summed E-state index contributed by atoms with van der Waals surface area (Å²) < 4.78 is 5.97. The van der Waals surface area contributed by atoms with Gasteiger partial charge in [-0.1, -0.05) is 42.7 Å². The monoisotopic (exact) mass is 247 g/mol. The van der Waals surface area contributed by atoms with E-state index in [1.165, 1.54) is 30.4 Å². The van der Waals surface area contributed by atoms with E-state index in [1.54, 1.807) is 0 Å². The molecule has 0 bridgehead atoms. The van der Waals surface area contributed by atoms with E-state index in [1.807, 2.05) is 7.05 Å². The highest BCUT2D eigenvalue weighted by Gasteiger charge is 2.22. The van der Waals surface area contributed by atoms with E-state index in [-0.39, 0.29) is 12.1 Å². The van der Waals surface area contributed by atoms with E-state index in [4.69, 9.17) is 4.74 Å². The standard InChI is InChI=1S/C16H25NO/c1-12-4-8-15(9-5-12)16(17-3)13(2)18-11-10-14-6-7-14/h4-5,8-9,13-14,16-17H,6-7,10-11H2,1-3H3. The fourth-order valence-corrected chi connectivity index (χ4v) is 2.37. The zero-order valence-corrected chi connectivity index (χ0v) is 11.8. The average molecular weight is 247 g/mol. The van der Waals surface area contributed by atoms with E-state index in [9.17, 15) is 0 Å². The molecule has 0 spiro atoms. The number of nitrogens with one attached hydrogen (secondary N) is 1. The Bertz CT molecular complexity index is 356. The van der Waals surface area contributed by atoms with Gasteiger partial charge in [0, 0.05) is 6.61 Å². The summed E-state index contributed by atoms with van der Waals surface area (Å²) in [5.74, 6) is 0.949. The van der Waals surface area contributed by atoms with Crippen LogP contribution in [0, 0.1) is 12.8 Å². The maximum atomic E-state index is 5.97. The second-order valence-electron chi connectivity index (χ2n) is 5.48. The third kappa shape index (κ3) is 3.82. The van der Waals surface area contributed by atoms with Crippen LogP contribution >= 0.6 is 0 Å². The fraction of sp³-hybridized carbons (Fsp3) is 0.625. The van der Waals surface area contributed by atoms with Crippen molar-refractivity contribution >= 4 is 0 Å². The first kappa shape index (κ1) is 13.6. The van der Waals surface area contributed by atoms with Crippen molar-refractivity contribution in [2.45, 2.75) is 45.3 Å². The third-order valence-electron chi connectivity index (χ3n) is 3.82. The van der Waals surface area contributed by atoms with Gasteiger partial charge in [0.15, 0.2) is 0 Å². The minimum atomic E-state index is 0.219. The Hall–Kier alpha value is -0.860. The number of hydrogen-bond acceptors (Lipinski definition) is 2. The van der Waals surface area contributed by atoms with Crippen LogP contribution in [0.3, 0.4) is 0 Å². The van der Waals surface area contributed by atoms with Crippen molar-refractivity contribution in [3.8, 4) is 0 Å². The van der Waals surface area contributed by atoms with Crippen molar-refractivity contribution in [3.63, 3.8) is 0 Å². The van der Waals surface area contributed by atoms with E-state index in [2.05, 4.69) is 43.4 Å². The number of hydrogen-bond donors (Lipinski definition) is 1. The Kier molecular flexibility index (Phi) is 4.79. The Morgan fingerprint density at radius 2 is 1.94 bits per heavy atom. The molecule has 0 heterocycles. The second kappa shape index (κ2) is 6.35. The predicted molar refractivity (Wildman–Crippen MR) is 75.7 cm³/mol. The number of ether oxygens (including phenoxy) is 1. The molecule has 0 aromatic heterocycles. The van der Waals surface area contributed by atoms with E-state index in [0.29, 0.717) is 0 Å². The lowest BCUT2D eigenvalue weighted by molar-refractivity contribution is 0.0368. The van der Waals surface area contributed by atoms with Crippen LogP contribution in [0.2, 0.25) is 0 Å². The Labute approximate surface area is 111 Å². The van der Waals surface area contributed by atoms with Gasteiger partial charge in [0.05, 0.1) is 12.1 Å². The molecule has 1 fully saturated rings. The van der Waals surface area contributed by atoms with Crippen LogP contribution in [0.15, 0.2) is 24.3 Å². The first-order valence-electron chi connectivity index (χ1n) is 7.06. The van der Waals surface area contributed by atoms with Gasteiger partial charge in [0.1, 0.15) is 0 Å². The van der Waals surface area contributed by atoms with Crippen LogP contribution in [0.1, 0.15) is 43.4 Å². The zero-order chi connectivity index (χ0) is 13.0. The maximum Gasteiger partial charge on any atom is 0.0741 e.